The Bertz CT molecular complexity index is 1670. The van der Waals surface area contributed by atoms with E-state index in [0.717, 1.165) is 30.4 Å². The van der Waals surface area contributed by atoms with E-state index in [0.29, 0.717) is 34.4 Å². The highest BCUT2D eigenvalue weighted by Crippen LogP contribution is 2.36. The Hall–Kier alpha value is -3.89. The maximum absolute atomic E-state index is 13.2. The Morgan fingerprint density at radius 1 is 1.00 bits per heavy atom. The SMILES string of the molecule is COc1cc(/C=C2\C(=O)NC(=O)N(c3ccc(Cl)cc3)C2=O)cc(I)c1OCc1c(C)ccc2ccccc12. The van der Waals surface area contributed by atoms with Gasteiger partial charge in [0, 0.05) is 10.6 Å². The number of methoxy groups -OCH3 is 1. The highest BCUT2D eigenvalue weighted by molar-refractivity contribution is 14.1. The monoisotopic (exact) mass is 652 g/mol. The van der Waals surface area contributed by atoms with Crippen LogP contribution < -0.4 is 19.7 Å². The van der Waals surface area contributed by atoms with Crippen LogP contribution in [0, 0.1) is 10.5 Å². The molecule has 1 fully saturated rings. The van der Waals surface area contributed by atoms with Gasteiger partial charge in [0.05, 0.1) is 16.4 Å². The zero-order valence-electron chi connectivity index (χ0n) is 21.0. The summed E-state index contributed by atoms with van der Waals surface area (Å²) < 4.78 is 12.6. The zero-order valence-corrected chi connectivity index (χ0v) is 23.9. The Kier molecular flexibility index (Phi) is 7.58. The number of halogens is 2. The first-order chi connectivity index (χ1) is 18.8. The number of aryl methyl sites for hydroxylation is 1. The molecule has 0 aromatic heterocycles. The average Bonchev–Trinajstić information content (AvgIpc) is 2.92. The molecular formula is C30H22ClIN2O5. The second-order valence-electron chi connectivity index (χ2n) is 8.84. The molecule has 0 radical (unpaired) electrons. The number of hydrogen-bond acceptors (Lipinski definition) is 5. The third-order valence-corrected chi connectivity index (χ3v) is 7.44. The van der Waals surface area contributed by atoms with Crippen LogP contribution >= 0.6 is 34.2 Å². The van der Waals surface area contributed by atoms with Crippen molar-refractivity contribution in [1.29, 1.82) is 0 Å². The topological polar surface area (TPSA) is 84.9 Å². The van der Waals surface area contributed by atoms with E-state index >= 15 is 0 Å². The molecule has 4 aromatic rings. The van der Waals surface area contributed by atoms with Gasteiger partial charge < -0.3 is 9.47 Å². The molecule has 0 spiro atoms. The van der Waals surface area contributed by atoms with Crippen molar-refractivity contribution in [3.05, 3.63) is 104 Å². The summed E-state index contributed by atoms with van der Waals surface area (Å²) in [5.41, 5.74) is 2.83. The minimum atomic E-state index is -0.830. The van der Waals surface area contributed by atoms with Crippen LogP contribution in [0.3, 0.4) is 0 Å². The average molecular weight is 653 g/mol. The number of imide groups is 2. The number of nitrogens with one attached hydrogen (secondary N) is 1. The molecule has 9 heteroatoms. The standard InChI is InChI=1S/C30H22ClIN2O5/c1-17-7-8-19-5-3-4-6-22(19)24(17)16-39-27-25(32)14-18(15-26(27)38-2)13-23-28(35)33-30(37)34(29(23)36)21-11-9-20(31)10-12-21/h3-15H,16H2,1-2H3,(H,33,35,37)/b23-13+. The Morgan fingerprint density at radius 3 is 2.49 bits per heavy atom. The Balaban J connectivity index is 1.45. The number of barbiturate groups is 1. The normalized spacial score (nSPS) is 14.6. The summed E-state index contributed by atoms with van der Waals surface area (Å²) in [6, 6.07) is 21.1. The fraction of sp³-hybridized carbons (Fsp3) is 0.100. The van der Waals surface area contributed by atoms with Crippen molar-refractivity contribution in [2.24, 2.45) is 0 Å². The molecular weight excluding hydrogens is 631 g/mol. The van der Waals surface area contributed by atoms with Gasteiger partial charge in [0.2, 0.25) is 0 Å². The number of carbonyl (C=O) groups is 3. The fourth-order valence-electron chi connectivity index (χ4n) is 4.39. The van der Waals surface area contributed by atoms with E-state index in [4.69, 9.17) is 21.1 Å². The van der Waals surface area contributed by atoms with Crippen LogP contribution in [0.15, 0.2) is 78.4 Å². The Labute approximate surface area is 243 Å². The van der Waals surface area contributed by atoms with Crippen LogP contribution in [0.4, 0.5) is 10.5 Å². The van der Waals surface area contributed by atoms with Crippen LogP contribution in [0.25, 0.3) is 16.8 Å². The number of carbonyl (C=O) groups excluding carboxylic acids is 3. The van der Waals surface area contributed by atoms with E-state index in [1.165, 1.54) is 25.3 Å². The predicted octanol–water partition coefficient (Wildman–Crippen LogP) is 6.66. The second kappa shape index (κ2) is 11.1. The van der Waals surface area contributed by atoms with Gasteiger partial charge in [-0.15, -0.1) is 0 Å². The van der Waals surface area contributed by atoms with E-state index in [1.54, 1.807) is 24.3 Å². The number of hydrogen-bond donors (Lipinski definition) is 1. The minimum absolute atomic E-state index is 0.192. The maximum atomic E-state index is 13.2. The van der Waals surface area contributed by atoms with Crippen molar-refractivity contribution in [3.8, 4) is 11.5 Å². The lowest BCUT2D eigenvalue weighted by Gasteiger charge is -2.26. The molecule has 4 amide bonds. The lowest BCUT2D eigenvalue weighted by molar-refractivity contribution is -0.122. The molecule has 0 aliphatic carbocycles. The van der Waals surface area contributed by atoms with E-state index in [1.807, 2.05) is 19.1 Å². The largest absolute Gasteiger partial charge is 0.493 e. The summed E-state index contributed by atoms with van der Waals surface area (Å²) in [6.07, 6.45) is 1.43. The maximum Gasteiger partial charge on any atom is 0.335 e. The van der Waals surface area contributed by atoms with Gasteiger partial charge >= 0.3 is 6.03 Å². The first kappa shape index (κ1) is 26.7. The van der Waals surface area contributed by atoms with Crippen molar-refractivity contribution >= 4 is 74.6 Å². The van der Waals surface area contributed by atoms with Crippen molar-refractivity contribution in [3.63, 3.8) is 0 Å². The van der Waals surface area contributed by atoms with Crippen molar-refractivity contribution in [2.45, 2.75) is 13.5 Å². The molecule has 1 aliphatic rings. The third kappa shape index (κ3) is 5.35. The van der Waals surface area contributed by atoms with E-state index in [2.05, 4.69) is 52.2 Å². The number of benzene rings is 4. The van der Waals surface area contributed by atoms with Gasteiger partial charge in [0.15, 0.2) is 11.5 Å². The summed E-state index contributed by atoms with van der Waals surface area (Å²) >= 11 is 8.07. The predicted molar refractivity (Wildman–Crippen MR) is 159 cm³/mol. The number of nitrogens with zero attached hydrogens (tertiary/aromatic N) is 1. The molecule has 0 bridgehead atoms. The van der Waals surface area contributed by atoms with E-state index in [9.17, 15) is 14.4 Å². The molecule has 39 heavy (non-hydrogen) atoms. The highest BCUT2D eigenvalue weighted by Gasteiger charge is 2.36. The molecule has 1 aliphatic heterocycles. The molecule has 5 rings (SSSR count). The summed E-state index contributed by atoms with van der Waals surface area (Å²) in [5, 5.41) is 4.93. The molecule has 1 saturated heterocycles. The quantitative estimate of drug-likeness (QED) is 0.143. The fourth-order valence-corrected chi connectivity index (χ4v) is 5.30. The molecule has 4 aromatic carbocycles. The van der Waals surface area contributed by atoms with Gasteiger partial charge in [-0.25, -0.2) is 9.69 Å². The number of urea groups is 1. The first-order valence-electron chi connectivity index (χ1n) is 11.9. The molecule has 0 saturated carbocycles. The smallest absolute Gasteiger partial charge is 0.335 e. The van der Waals surface area contributed by atoms with Gasteiger partial charge in [0.1, 0.15) is 12.2 Å². The zero-order chi connectivity index (χ0) is 27.7. The van der Waals surface area contributed by atoms with Crippen LogP contribution in [0.1, 0.15) is 16.7 Å². The Morgan fingerprint density at radius 2 is 1.74 bits per heavy atom. The third-order valence-electron chi connectivity index (χ3n) is 6.38. The van der Waals surface area contributed by atoms with Gasteiger partial charge in [-0.2, -0.15) is 0 Å². The van der Waals surface area contributed by atoms with Crippen LogP contribution in [-0.4, -0.2) is 25.0 Å². The lowest BCUT2D eigenvalue weighted by Crippen LogP contribution is -2.54. The van der Waals surface area contributed by atoms with Crippen LogP contribution in [0.2, 0.25) is 5.02 Å². The minimum Gasteiger partial charge on any atom is -0.493 e. The van der Waals surface area contributed by atoms with Crippen LogP contribution in [0.5, 0.6) is 11.5 Å². The summed E-state index contributed by atoms with van der Waals surface area (Å²) in [5.74, 6) is -0.534. The van der Waals surface area contributed by atoms with Crippen LogP contribution in [-0.2, 0) is 16.2 Å². The molecule has 0 unspecified atom stereocenters. The van der Waals surface area contributed by atoms with E-state index in [-0.39, 0.29) is 5.57 Å². The number of ether oxygens (including phenoxy) is 2. The van der Waals surface area contributed by atoms with Gasteiger partial charge in [-0.1, -0.05) is 48.0 Å². The van der Waals surface area contributed by atoms with Crippen molar-refractivity contribution in [1.82, 2.24) is 5.32 Å². The second-order valence-corrected chi connectivity index (χ2v) is 10.4. The van der Waals surface area contributed by atoms with E-state index < -0.39 is 17.8 Å². The molecule has 1 N–H and O–H groups in total. The summed E-state index contributed by atoms with van der Waals surface area (Å²) in [6.45, 7) is 2.38. The molecule has 7 nitrogen and oxygen atoms in total. The number of anilines is 1. The first-order valence-corrected chi connectivity index (χ1v) is 13.4. The molecule has 0 atom stereocenters. The lowest BCUT2D eigenvalue weighted by atomic mass is 10.0. The summed E-state index contributed by atoms with van der Waals surface area (Å²) in [7, 11) is 1.53. The molecule has 1 heterocycles. The molecule has 196 valence electrons. The number of fused-ring (bicyclic) bond motifs is 1. The number of amides is 4. The highest BCUT2D eigenvalue weighted by atomic mass is 127. The van der Waals surface area contributed by atoms with Crippen molar-refractivity contribution in [2.75, 3.05) is 12.0 Å². The summed E-state index contributed by atoms with van der Waals surface area (Å²) in [4.78, 5) is 39.2. The van der Waals surface area contributed by atoms with Gasteiger partial charge in [-0.05, 0) is 93.9 Å². The van der Waals surface area contributed by atoms with Gasteiger partial charge in [-0.3, -0.25) is 14.9 Å². The van der Waals surface area contributed by atoms with Crippen molar-refractivity contribution < 1.29 is 23.9 Å². The number of rotatable bonds is 6. The van der Waals surface area contributed by atoms with Gasteiger partial charge in [0.25, 0.3) is 11.8 Å².